The SMILES string of the molecule is CCNS(=O)(=O)c1ccc(C(=O)OCC(=O)Nc2ccc(C)c(Cl)c2)cc1. The topological polar surface area (TPSA) is 102 Å². The van der Waals surface area contributed by atoms with E-state index in [1.54, 1.807) is 25.1 Å². The van der Waals surface area contributed by atoms with E-state index in [9.17, 15) is 18.0 Å². The van der Waals surface area contributed by atoms with E-state index in [0.29, 0.717) is 10.7 Å². The number of carbonyl (C=O) groups is 2. The van der Waals surface area contributed by atoms with E-state index in [1.165, 1.54) is 24.3 Å². The van der Waals surface area contributed by atoms with Gasteiger partial charge in [-0.25, -0.2) is 17.9 Å². The van der Waals surface area contributed by atoms with E-state index in [4.69, 9.17) is 16.3 Å². The number of sulfonamides is 1. The summed E-state index contributed by atoms with van der Waals surface area (Å²) in [4.78, 5) is 23.9. The van der Waals surface area contributed by atoms with Crippen LogP contribution < -0.4 is 10.0 Å². The highest BCUT2D eigenvalue weighted by Gasteiger charge is 2.15. The first-order valence-corrected chi connectivity index (χ1v) is 9.92. The molecule has 2 aromatic rings. The first-order valence-electron chi connectivity index (χ1n) is 8.06. The van der Waals surface area contributed by atoms with Crippen LogP contribution in [0.2, 0.25) is 5.02 Å². The van der Waals surface area contributed by atoms with Crippen LogP contribution >= 0.6 is 11.6 Å². The lowest BCUT2D eigenvalue weighted by molar-refractivity contribution is -0.119. The molecule has 0 saturated carbocycles. The third-order valence-electron chi connectivity index (χ3n) is 3.52. The average Bonchev–Trinajstić information content (AvgIpc) is 2.63. The molecule has 0 saturated heterocycles. The highest BCUT2D eigenvalue weighted by molar-refractivity contribution is 7.89. The number of esters is 1. The van der Waals surface area contributed by atoms with Crippen molar-refractivity contribution in [1.29, 1.82) is 0 Å². The van der Waals surface area contributed by atoms with Crippen molar-refractivity contribution in [3.8, 4) is 0 Å². The van der Waals surface area contributed by atoms with Crippen LogP contribution in [0, 0.1) is 6.92 Å². The van der Waals surface area contributed by atoms with Gasteiger partial charge < -0.3 is 10.1 Å². The van der Waals surface area contributed by atoms with Crippen LogP contribution in [0.1, 0.15) is 22.8 Å². The molecule has 0 aliphatic heterocycles. The highest BCUT2D eigenvalue weighted by Crippen LogP contribution is 2.19. The second kappa shape index (κ2) is 8.98. The van der Waals surface area contributed by atoms with Gasteiger partial charge in [0, 0.05) is 17.3 Å². The third-order valence-corrected chi connectivity index (χ3v) is 5.49. The number of amides is 1. The molecule has 2 rings (SSSR count). The summed E-state index contributed by atoms with van der Waals surface area (Å²) in [7, 11) is -3.60. The number of ether oxygens (including phenoxy) is 1. The van der Waals surface area contributed by atoms with E-state index in [0.717, 1.165) is 5.56 Å². The van der Waals surface area contributed by atoms with Gasteiger partial charge in [-0.2, -0.15) is 0 Å². The summed E-state index contributed by atoms with van der Waals surface area (Å²) in [5.74, 6) is -1.26. The van der Waals surface area contributed by atoms with Crippen LogP contribution in [0.5, 0.6) is 0 Å². The molecule has 2 aromatic carbocycles. The maximum atomic E-state index is 12.0. The van der Waals surface area contributed by atoms with Crippen molar-refractivity contribution in [1.82, 2.24) is 4.72 Å². The lowest BCUT2D eigenvalue weighted by atomic mass is 10.2. The van der Waals surface area contributed by atoms with Crippen molar-refractivity contribution in [2.45, 2.75) is 18.7 Å². The summed E-state index contributed by atoms with van der Waals surface area (Å²) >= 11 is 5.99. The molecule has 9 heteroatoms. The Kier molecular flexibility index (Phi) is 6.95. The highest BCUT2D eigenvalue weighted by atomic mass is 35.5. The van der Waals surface area contributed by atoms with Crippen LogP contribution in [0.3, 0.4) is 0 Å². The summed E-state index contributed by atoms with van der Waals surface area (Å²) < 4.78 is 31.0. The Labute approximate surface area is 162 Å². The lowest BCUT2D eigenvalue weighted by Crippen LogP contribution is -2.23. The van der Waals surface area contributed by atoms with Crippen LogP contribution in [0.4, 0.5) is 5.69 Å². The maximum absolute atomic E-state index is 12.0. The maximum Gasteiger partial charge on any atom is 0.338 e. The number of nitrogens with one attached hydrogen (secondary N) is 2. The first kappa shape index (κ1) is 20.9. The van der Waals surface area contributed by atoms with Crippen molar-refractivity contribution in [2.24, 2.45) is 0 Å². The number of rotatable bonds is 7. The van der Waals surface area contributed by atoms with Crippen LogP contribution in [-0.4, -0.2) is 33.4 Å². The zero-order chi connectivity index (χ0) is 20.0. The molecule has 0 fully saturated rings. The quantitative estimate of drug-likeness (QED) is 0.683. The largest absolute Gasteiger partial charge is 0.452 e. The van der Waals surface area contributed by atoms with Gasteiger partial charge in [-0.3, -0.25) is 4.79 Å². The van der Waals surface area contributed by atoms with Crippen LogP contribution in [0.15, 0.2) is 47.4 Å². The van der Waals surface area contributed by atoms with Crippen molar-refractivity contribution in [3.63, 3.8) is 0 Å². The second-order valence-corrected chi connectivity index (χ2v) is 7.79. The Morgan fingerprint density at radius 3 is 2.37 bits per heavy atom. The molecule has 1 amide bonds. The lowest BCUT2D eigenvalue weighted by Gasteiger charge is -2.08. The molecule has 144 valence electrons. The number of hydrogen-bond donors (Lipinski definition) is 2. The standard InChI is InChI=1S/C18H19ClN2O5S/c1-3-20-27(24,25)15-8-5-13(6-9-15)18(23)26-11-17(22)21-14-7-4-12(2)16(19)10-14/h4-10,20H,3,11H2,1-2H3,(H,21,22). The molecular weight excluding hydrogens is 392 g/mol. The van der Waals surface area contributed by atoms with Gasteiger partial charge in [-0.05, 0) is 48.9 Å². The minimum atomic E-state index is -3.60. The molecule has 7 nitrogen and oxygen atoms in total. The van der Waals surface area contributed by atoms with Gasteiger partial charge in [-0.1, -0.05) is 24.6 Å². The smallest absolute Gasteiger partial charge is 0.338 e. The summed E-state index contributed by atoms with van der Waals surface area (Å²) in [5, 5.41) is 3.08. The number of anilines is 1. The molecule has 0 aromatic heterocycles. The number of halogens is 1. The Bertz CT molecular complexity index is 943. The second-order valence-electron chi connectivity index (χ2n) is 5.61. The van der Waals surface area contributed by atoms with Crippen molar-refractivity contribution in [2.75, 3.05) is 18.5 Å². The third kappa shape index (κ3) is 5.78. The molecule has 0 unspecified atom stereocenters. The van der Waals surface area contributed by atoms with E-state index in [1.807, 2.05) is 6.92 Å². The normalized spacial score (nSPS) is 11.1. The number of carbonyl (C=O) groups excluding carboxylic acids is 2. The van der Waals surface area contributed by atoms with Gasteiger partial charge in [0.1, 0.15) is 0 Å². The number of benzene rings is 2. The zero-order valence-electron chi connectivity index (χ0n) is 14.8. The summed E-state index contributed by atoms with van der Waals surface area (Å²) in [6.45, 7) is 3.28. The van der Waals surface area contributed by atoms with Gasteiger partial charge in [0.25, 0.3) is 5.91 Å². The Hall–Kier alpha value is -2.42. The molecule has 0 bridgehead atoms. The van der Waals surface area contributed by atoms with Gasteiger partial charge in [-0.15, -0.1) is 0 Å². The van der Waals surface area contributed by atoms with Crippen molar-refractivity contribution >= 4 is 39.2 Å². The predicted molar refractivity (Wildman–Crippen MR) is 102 cm³/mol. The molecule has 2 N–H and O–H groups in total. The average molecular weight is 411 g/mol. The minimum Gasteiger partial charge on any atom is -0.452 e. The fourth-order valence-corrected chi connectivity index (χ4v) is 3.35. The van der Waals surface area contributed by atoms with E-state index >= 15 is 0 Å². The van der Waals surface area contributed by atoms with Gasteiger partial charge >= 0.3 is 5.97 Å². The molecule has 0 spiro atoms. The Morgan fingerprint density at radius 1 is 1.11 bits per heavy atom. The monoisotopic (exact) mass is 410 g/mol. The molecule has 0 heterocycles. The molecule has 27 heavy (non-hydrogen) atoms. The Balaban J connectivity index is 1.93. The van der Waals surface area contributed by atoms with E-state index in [2.05, 4.69) is 10.0 Å². The first-order chi connectivity index (χ1) is 12.7. The molecule has 0 aliphatic carbocycles. The molecular formula is C18H19ClN2O5S. The summed E-state index contributed by atoms with van der Waals surface area (Å²) in [6, 6.07) is 10.3. The summed E-state index contributed by atoms with van der Waals surface area (Å²) in [6.07, 6.45) is 0. The van der Waals surface area contributed by atoms with Crippen molar-refractivity contribution in [3.05, 3.63) is 58.6 Å². The van der Waals surface area contributed by atoms with E-state index < -0.39 is 28.5 Å². The van der Waals surface area contributed by atoms with Gasteiger partial charge in [0.2, 0.25) is 10.0 Å². The predicted octanol–water partition coefficient (Wildman–Crippen LogP) is 2.74. The van der Waals surface area contributed by atoms with Gasteiger partial charge in [0.05, 0.1) is 10.5 Å². The molecule has 0 aliphatic rings. The fourth-order valence-electron chi connectivity index (χ4n) is 2.13. The fraction of sp³-hybridized carbons (Fsp3) is 0.222. The van der Waals surface area contributed by atoms with Crippen LogP contribution in [-0.2, 0) is 19.6 Å². The van der Waals surface area contributed by atoms with Crippen molar-refractivity contribution < 1.29 is 22.7 Å². The molecule has 0 radical (unpaired) electrons. The molecule has 0 atom stereocenters. The zero-order valence-corrected chi connectivity index (χ0v) is 16.4. The number of hydrogen-bond acceptors (Lipinski definition) is 5. The Morgan fingerprint density at radius 2 is 1.78 bits per heavy atom. The number of aryl methyl sites for hydroxylation is 1. The van der Waals surface area contributed by atoms with Crippen LogP contribution in [0.25, 0.3) is 0 Å². The summed E-state index contributed by atoms with van der Waals surface area (Å²) in [5.41, 5.74) is 1.50. The minimum absolute atomic E-state index is 0.0369. The van der Waals surface area contributed by atoms with Gasteiger partial charge in [0.15, 0.2) is 6.61 Å². The van der Waals surface area contributed by atoms with E-state index in [-0.39, 0.29) is 17.0 Å².